The van der Waals surface area contributed by atoms with Gasteiger partial charge >= 0.3 is 12.1 Å². The Morgan fingerprint density at radius 3 is 2.44 bits per heavy atom. The number of para-hydroxylation sites is 1. The average molecular weight is 514 g/mol. The van der Waals surface area contributed by atoms with Gasteiger partial charge in [-0.15, -0.1) is 0 Å². The number of alkyl carbamates (subject to hydrolysis) is 1. The molecule has 4 fully saturated rings. The van der Waals surface area contributed by atoms with Crippen molar-refractivity contribution in [3.05, 3.63) is 36.0 Å². The fraction of sp³-hybridized carbons (Fsp3) is 0.593. The van der Waals surface area contributed by atoms with Crippen LogP contribution in [0.15, 0.2) is 30.5 Å². The maximum absolute atomic E-state index is 13.5. The van der Waals surface area contributed by atoms with Gasteiger partial charge in [0.15, 0.2) is 0 Å². The molecule has 4 saturated carbocycles. The van der Waals surface area contributed by atoms with Crippen LogP contribution in [-0.4, -0.2) is 57.8 Å². The van der Waals surface area contributed by atoms with Crippen LogP contribution in [0.5, 0.6) is 0 Å². The molecule has 1 heterocycles. The summed E-state index contributed by atoms with van der Waals surface area (Å²) in [5, 5.41) is 16.0. The summed E-state index contributed by atoms with van der Waals surface area (Å²) in [7, 11) is 0. The third kappa shape index (κ3) is 4.94. The van der Waals surface area contributed by atoms with Crippen LogP contribution in [0.1, 0.15) is 44.6 Å². The molecular weight excluding hydrogens is 478 g/mol. The summed E-state index contributed by atoms with van der Waals surface area (Å²) < 4.78 is 6.02. The van der Waals surface area contributed by atoms with E-state index in [4.69, 9.17) is 4.74 Å². The van der Waals surface area contributed by atoms with E-state index in [9.17, 15) is 19.5 Å². The largest absolute Gasteiger partial charge is 0.480 e. The Bertz CT molecular complexity index is 1120. The standard InChI is InChI=1S/C27H35N3O5S/c1-27(25(33)29-22(14-36-2)24(31)32,12-19-13-28-21-6-4-3-5-20(19)21)30-26(34)35-23-17-8-15-7-16(10-17)11-18(23)9-15/h3-6,13,15-18,22-23,28H,7-12,14H2,1-2H3,(H,29,33)(H,30,34)(H,31,32). The summed E-state index contributed by atoms with van der Waals surface area (Å²) in [6, 6.07) is 6.69. The summed E-state index contributed by atoms with van der Waals surface area (Å²) in [6.45, 7) is 1.64. The minimum Gasteiger partial charge on any atom is -0.480 e. The molecule has 0 aliphatic heterocycles. The number of carboxylic acids is 1. The van der Waals surface area contributed by atoms with Gasteiger partial charge in [-0.25, -0.2) is 9.59 Å². The van der Waals surface area contributed by atoms with Crippen molar-refractivity contribution in [3.8, 4) is 0 Å². The molecule has 4 bridgehead atoms. The molecule has 2 atom stereocenters. The first kappa shape index (κ1) is 25.0. The number of hydrogen-bond acceptors (Lipinski definition) is 5. The smallest absolute Gasteiger partial charge is 0.408 e. The van der Waals surface area contributed by atoms with E-state index in [2.05, 4.69) is 15.6 Å². The second-order valence-corrected chi connectivity index (χ2v) is 12.0. The number of benzene rings is 1. The fourth-order valence-electron chi connectivity index (χ4n) is 6.94. The summed E-state index contributed by atoms with van der Waals surface area (Å²) in [6.07, 6.45) is 8.87. The molecule has 2 unspecified atom stereocenters. The van der Waals surface area contributed by atoms with Crippen LogP contribution in [0.4, 0.5) is 4.79 Å². The maximum Gasteiger partial charge on any atom is 0.408 e. The van der Waals surface area contributed by atoms with Gasteiger partial charge in [0, 0.05) is 29.3 Å². The Balaban J connectivity index is 1.35. The van der Waals surface area contributed by atoms with Crippen molar-refractivity contribution >= 4 is 40.6 Å². The van der Waals surface area contributed by atoms with Crippen LogP contribution >= 0.6 is 11.8 Å². The normalized spacial score (nSPS) is 28.9. The SMILES string of the molecule is CSCC(NC(=O)C(C)(Cc1c[nH]c2ccccc12)NC(=O)OC1C2CC3CC(C2)CC1C3)C(=O)O. The van der Waals surface area contributed by atoms with Crippen LogP contribution in [0, 0.1) is 23.7 Å². The molecule has 2 aromatic rings. The summed E-state index contributed by atoms with van der Waals surface area (Å²) in [5.74, 6) is 0.898. The molecule has 36 heavy (non-hydrogen) atoms. The number of nitrogens with one attached hydrogen (secondary N) is 3. The number of aromatic nitrogens is 1. The number of ether oxygens (including phenoxy) is 1. The molecule has 0 saturated heterocycles. The zero-order chi connectivity index (χ0) is 25.4. The van der Waals surface area contributed by atoms with Gasteiger partial charge in [-0.3, -0.25) is 4.79 Å². The quantitative estimate of drug-likeness (QED) is 0.403. The molecule has 1 aromatic heterocycles. The Labute approximate surface area is 215 Å². The molecule has 4 aliphatic carbocycles. The van der Waals surface area contributed by atoms with Gasteiger partial charge in [0.2, 0.25) is 5.91 Å². The Morgan fingerprint density at radius 2 is 1.81 bits per heavy atom. The molecule has 8 nitrogen and oxygen atoms in total. The highest BCUT2D eigenvalue weighted by Gasteiger charge is 2.50. The average Bonchev–Trinajstić information content (AvgIpc) is 3.23. The van der Waals surface area contributed by atoms with E-state index in [1.54, 1.807) is 13.2 Å². The highest BCUT2D eigenvalue weighted by atomic mass is 32.2. The van der Waals surface area contributed by atoms with Crippen molar-refractivity contribution in [1.82, 2.24) is 15.6 Å². The van der Waals surface area contributed by atoms with E-state index < -0.39 is 29.6 Å². The van der Waals surface area contributed by atoms with Crippen LogP contribution in [0.25, 0.3) is 10.9 Å². The molecule has 4 N–H and O–H groups in total. The van der Waals surface area contributed by atoms with Gasteiger partial charge in [0.05, 0.1) is 0 Å². The highest BCUT2D eigenvalue weighted by molar-refractivity contribution is 7.98. The molecule has 1 aromatic carbocycles. The van der Waals surface area contributed by atoms with Crippen LogP contribution in [0.3, 0.4) is 0 Å². The molecule has 4 aliphatic rings. The summed E-state index contributed by atoms with van der Waals surface area (Å²) in [5.41, 5.74) is 0.382. The number of hydrogen-bond donors (Lipinski definition) is 4. The maximum atomic E-state index is 13.5. The third-order valence-corrected chi connectivity index (χ3v) is 9.08. The van der Waals surface area contributed by atoms with E-state index >= 15 is 0 Å². The van der Waals surface area contributed by atoms with Gasteiger partial charge in [-0.1, -0.05) is 18.2 Å². The number of aromatic amines is 1. The molecular formula is C27H35N3O5S. The number of carbonyl (C=O) groups excluding carboxylic acids is 2. The van der Waals surface area contributed by atoms with Gasteiger partial charge < -0.3 is 25.5 Å². The number of carbonyl (C=O) groups is 3. The predicted molar refractivity (Wildman–Crippen MR) is 139 cm³/mol. The number of aliphatic carboxylic acids is 1. The lowest BCUT2D eigenvalue weighted by molar-refractivity contribution is -0.142. The van der Waals surface area contributed by atoms with Crippen LogP contribution < -0.4 is 10.6 Å². The lowest BCUT2D eigenvalue weighted by atomic mass is 9.55. The molecule has 9 heteroatoms. The van der Waals surface area contributed by atoms with Crippen molar-refractivity contribution in [2.24, 2.45) is 23.7 Å². The van der Waals surface area contributed by atoms with Crippen molar-refractivity contribution in [3.63, 3.8) is 0 Å². The van der Waals surface area contributed by atoms with Crippen LogP contribution in [0.2, 0.25) is 0 Å². The zero-order valence-electron chi connectivity index (χ0n) is 20.8. The number of amides is 2. The van der Waals surface area contributed by atoms with E-state index in [0.717, 1.165) is 54.0 Å². The number of rotatable bonds is 9. The first-order chi connectivity index (χ1) is 17.3. The molecule has 0 spiro atoms. The second-order valence-electron chi connectivity index (χ2n) is 11.1. The van der Waals surface area contributed by atoms with Crippen molar-refractivity contribution in [1.29, 1.82) is 0 Å². The Hall–Kier alpha value is -2.68. The second kappa shape index (κ2) is 10.00. The van der Waals surface area contributed by atoms with E-state index in [1.165, 1.54) is 18.2 Å². The first-order valence-corrected chi connectivity index (χ1v) is 14.2. The Kier molecular flexibility index (Phi) is 6.94. The number of thioether (sulfide) groups is 1. The van der Waals surface area contributed by atoms with Gasteiger partial charge in [-0.2, -0.15) is 11.8 Å². The van der Waals surface area contributed by atoms with Crippen LogP contribution in [-0.2, 0) is 20.7 Å². The Morgan fingerprint density at radius 1 is 1.14 bits per heavy atom. The molecule has 6 rings (SSSR count). The molecule has 0 radical (unpaired) electrons. The number of carboxylic acid groups (broad SMARTS) is 1. The minimum atomic E-state index is -1.40. The lowest BCUT2D eigenvalue weighted by Gasteiger charge is -2.53. The third-order valence-electron chi connectivity index (χ3n) is 8.42. The summed E-state index contributed by atoms with van der Waals surface area (Å²) >= 11 is 1.34. The van der Waals surface area contributed by atoms with E-state index in [1.807, 2.05) is 30.5 Å². The van der Waals surface area contributed by atoms with Gasteiger partial charge in [-0.05, 0) is 80.6 Å². The highest BCUT2D eigenvalue weighted by Crippen LogP contribution is 2.54. The van der Waals surface area contributed by atoms with E-state index in [0.29, 0.717) is 11.8 Å². The fourth-order valence-corrected chi connectivity index (χ4v) is 7.50. The number of H-pyrrole nitrogens is 1. The van der Waals surface area contributed by atoms with Gasteiger partial charge in [0.1, 0.15) is 17.7 Å². The number of fused-ring (bicyclic) bond motifs is 1. The molecule has 2 amide bonds. The first-order valence-electron chi connectivity index (χ1n) is 12.8. The van der Waals surface area contributed by atoms with Crippen molar-refractivity contribution in [2.75, 3.05) is 12.0 Å². The monoisotopic (exact) mass is 513 g/mol. The predicted octanol–water partition coefficient (Wildman–Crippen LogP) is 3.95. The van der Waals surface area contributed by atoms with Crippen molar-refractivity contribution in [2.45, 2.75) is 63.1 Å². The molecule has 194 valence electrons. The van der Waals surface area contributed by atoms with E-state index in [-0.39, 0.29) is 18.3 Å². The topological polar surface area (TPSA) is 121 Å². The summed E-state index contributed by atoms with van der Waals surface area (Å²) in [4.78, 5) is 41.7. The minimum absolute atomic E-state index is 0.110. The van der Waals surface area contributed by atoms with Gasteiger partial charge in [0.25, 0.3) is 0 Å². The van der Waals surface area contributed by atoms with Crippen molar-refractivity contribution < 1.29 is 24.2 Å². The lowest BCUT2D eigenvalue weighted by Crippen LogP contribution is -2.62. The zero-order valence-corrected chi connectivity index (χ0v) is 21.6.